The number of nitrogens with one attached hydrogen (secondary N) is 2. The van der Waals surface area contributed by atoms with E-state index in [1.54, 1.807) is 0 Å². The first-order chi connectivity index (χ1) is 8.51. The minimum absolute atomic E-state index is 0.0573. The number of aromatic nitrogens is 1. The van der Waals surface area contributed by atoms with E-state index < -0.39 is 10.0 Å². The van der Waals surface area contributed by atoms with Gasteiger partial charge in [-0.25, -0.2) is 13.1 Å². The lowest BCUT2D eigenvalue weighted by Gasteiger charge is -2.01. The maximum atomic E-state index is 11.7. The minimum atomic E-state index is -3.83. The fourth-order valence-corrected chi connectivity index (χ4v) is 2.71. The number of H-pyrrole nitrogens is 1. The molecule has 0 amide bonds. The lowest BCUT2D eigenvalue weighted by atomic mass is 10.5. The quantitative estimate of drug-likeness (QED) is 0.770. The molecule has 0 bridgehead atoms. The molecule has 96 valence electrons. The summed E-state index contributed by atoms with van der Waals surface area (Å²) < 4.78 is 30.5. The highest BCUT2D eigenvalue weighted by Crippen LogP contribution is 2.12. The molecule has 0 atom stereocenters. The Kier molecular flexibility index (Phi) is 3.45. The van der Waals surface area contributed by atoms with Crippen molar-refractivity contribution in [2.45, 2.75) is 11.6 Å². The van der Waals surface area contributed by atoms with Crippen LogP contribution in [0.15, 0.2) is 31.8 Å². The highest BCUT2D eigenvalue weighted by Gasteiger charge is 2.18. The lowest BCUT2D eigenvalue weighted by molar-refractivity contribution is 0.109. The number of hydrogen-bond donors (Lipinski definition) is 2. The van der Waals surface area contributed by atoms with E-state index in [2.05, 4.69) is 9.71 Å². The van der Waals surface area contributed by atoms with Crippen LogP contribution in [-0.4, -0.2) is 19.7 Å². The Bertz CT molecular complexity index is 709. The third kappa shape index (κ3) is 2.75. The summed E-state index contributed by atoms with van der Waals surface area (Å²) in [4.78, 5) is 23.4. The van der Waals surface area contributed by atoms with Crippen LogP contribution in [0, 0.1) is 0 Å². The van der Waals surface area contributed by atoms with Gasteiger partial charge < -0.3 is 9.40 Å². The number of aldehydes is 1. The summed E-state index contributed by atoms with van der Waals surface area (Å²) in [5.74, 6) is -0.0701. The van der Waals surface area contributed by atoms with Crippen molar-refractivity contribution in [1.29, 1.82) is 0 Å². The van der Waals surface area contributed by atoms with E-state index in [9.17, 15) is 18.0 Å². The summed E-state index contributed by atoms with van der Waals surface area (Å²) in [7, 11) is -3.83. The summed E-state index contributed by atoms with van der Waals surface area (Å²) in [6.45, 7) is -0.0573. The van der Waals surface area contributed by atoms with Crippen molar-refractivity contribution in [3.63, 3.8) is 0 Å². The Morgan fingerprint density at radius 2 is 2.22 bits per heavy atom. The van der Waals surface area contributed by atoms with Gasteiger partial charge in [-0.1, -0.05) is 11.3 Å². The van der Waals surface area contributed by atoms with Crippen LogP contribution in [-0.2, 0) is 16.6 Å². The number of aromatic amines is 1. The van der Waals surface area contributed by atoms with E-state index >= 15 is 0 Å². The first-order valence-electron chi connectivity index (χ1n) is 4.72. The summed E-state index contributed by atoms with van der Waals surface area (Å²) in [5, 5.41) is 1.17. The van der Waals surface area contributed by atoms with Gasteiger partial charge in [0.1, 0.15) is 0 Å². The Balaban J connectivity index is 2.12. The number of carbonyl (C=O) groups excluding carboxylic acids is 1. The molecule has 0 radical (unpaired) electrons. The fourth-order valence-electron chi connectivity index (χ4n) is 1.19. The zero-order chi connectivity index (χ0) is 13.2. The first kappa shape index (κ1) is 12.7. The van der Waals surface area contributed by atoms with Crippen molar-refractivity contribution in [1.82, 2.24) is 9.71 Å². The third-order valence-electron chi connectivity index (χ3n) is 2.01. The Hall–Kier alpha value is -1.71. The summed E-state index contributed by atoms with van der Waals surface area (Å²) in [6, 6.07) is 2.44. The van der Waals surface area contributed by atoms with Gasteiger partial charge in [-0.05, 0) is 12.1 Å². The van der Waals surface area contributed by atoms with E-state index in [0.717, 1.165) is 11.3 Å². The van der Waals surface area contributed by atoms with E-state index in [1.165, 1.54) is 17.5 Å². The van der Waals surface area contributed by atoms with Gasteiger partial charge in [-0.3, -0.25) is 9.59 Å². The molecule has 2 heterocycles. The fraction of sp³-hybridized carbons (Fsp3) is 0.111. The molecule has 0 saturated heterocycles. The van der Waals surface area contributed by atoms with Crippen LogP contribution in [0.4, 0.5) is 0 Å². The van der Waals surface area contributed by atoms with Gasteiger partial charge in [0.05, 0.1) is 6.54 Å². The lowest BCUT2D eigenvalue weighted by Crippen LogP contribution is -2.23. The molecule has 9 heteroatoms. The topological polar surface area (TPSA) is 109 Å². The average molecular weight is 288 g/mol. The van der Waals surface area contributed by atoms with Gasteiger partial charge >= 0.3 is 4.87 Å². The Morgan fingerprint density at radius 3 is 2.78 bits per heavy atom. The van der Waals surface area contributed by atoms with Crippen LogP contribution in [0.2, 0.25) is 0 Å². The predicted octanol–water partition coefficient (Wildman–Crippen LogP) is 0.320. The molecule has 2 aromatic heterocycles. The van der Waals surface area contributed by atoms with Crippen molar-refractivity contribution in [3.05, 3.63) is 38.6 Å². The standard InChI is InChI=1S/C9H8N2O5S2/c12-4-7-1-2-8(16-7)18(14,15)10-3-6-5-17-9(13)11-6/h1-2,4-5,10H,3H2,(H,11,13). The molecule has 0 aliphatic rings. The molecule has 0 spiro atoms. The summed E-state index contributed by atoms with van der Waals surface area (Å²) in [5.41, 5.74) is 0.454. The van der Waals surface area contributed by atoms with E-state index in [0.29, 0.717) is 12.0 Å². The number of sulfonamides is 1. The van der Waals surface area contributed by atoms with Crippen molar-refractivity contribution in [2.75, 3.05) is 0 Å². The molecule has 0 saturated carbocycles. The van der Waals surface area contributed by atoms with Crippen LogP contribution in [0.1, 0.15) is 16.2 Å². The molecule has 0 aliphatic heterocycles. The van der Waals surface area contributed by atoms with Gasteiger partial charge in [0, 0.05) is 11.1 Å². The molecule has 0 unspecified atom stereocenters. The zero-order valence-corrected chi connectivity index (χ0v) is 10.5. The zero-order valence-electron chi connectivity index (χ0n) is 8.87. The molecule has 2 rings (SSSR count). The molecule has 7 nitrogen and oxygen atoms in total. The highest BCUT2D eigenvalue weighted by molar-refractivity contribution is 7.89. The average Bonchev–Trinajstić information content (AvgIpc) is 2.95. The smallest absolute Gasteiger partial charge is 0.304 e. The maximum absolute atomic E-state index is 11.7. The van der Waals surface area contributed by atoms with Crippen molar-refractivity contribution in [2.24, 2.45) is 0 Å². The van der Waals surface area contributed by atoms with E-state index in [1.807, 2.05) is 0 Å². The molecule has 18 heavy (non-hydrogen) atoms. The normalized spacial score (nSPS) is 11.6. The molecule has 2 aromatic rings. The van der Waals surface area contributed by atoms with Crippen LogP contribution < -0.4 is 9.60 Å². The predicted molar refractivity (Wildman–Crippen MR) is 63.1 cm³/mol. The van der Waals surface area contributed by atoms with Crippen molar-refractivity contribution in [3.8, 4) is 0 Å². The number of carbonyl (C=O) groups is 1. The van der Waals surface area contributed by atoms with E-state index in [4.69, 9.17) is 4.42 Å². The monoisotopic (exact) mass is 288 g/mol. The molecular weight excluding hydrogens is 280 g/mol. The van der Waals surface area contributed by atoms with Crippen LogP contribution in [0.3, 0.4) is 0 Å². The van der Waals surface area contributed by atoms with Crippen LogP contribution in [0.25, 0.3) is 0 Å². The molecule has 0 aliphatic carbocycles. The number of rotatable bonds is 5. The van der Waals surface area contributed by atoms with Crippen LogP contribution in [0.5, 0.6) is 0 Å². The molecule has 0 fully saturated rings. The molecule has 0 aromatic carbocycles. The summed E-state index contributed by atoms with van der Waals surface area (Å²) >= 11 is 0.943. The second kappa shape index (κ2) is 4.88. The maximum Gasteiger partial charge on any atom is 0.304 e. The van der Waals surface area contributed by atoms with Gasteiger partial charge in [0.15, 0.2) is 12.0 Å². The third-order valence-corrected chi connectivity index (χ3v) is 4.00. The number of hydrogen-bond acceptors (Lipinski definition) is 6. The van der Waals surface area contributed by atoms with Gasteiger partial charge in [0.2, 0.25) is 5.09 Å². The van der Waals surface area contributed by atoms with Gasteiger partial charge in [0.25, 0.3) is 10.0 Å². The largest absolute Gasteiger partial charge is 0.440 e. The summed E-state index contributed by atoms with van der Waals surface area (Å²) in [6.07, 6.45) is 0.412. The SMILES string of the molecule is O=Cc1ccc(S(=O)(=O)NCc2csc(=O)[nH]2)o1. The number of thiazole rings is 1. The van der Waals surface area contributed by atoms with Crippen molar-refractivity contribution >= 4 is 27.6 Å². The molecular formula is C9H8N2O5S2. The number of furan rings is 1. The van der Waals surface area contributed by atoms with Gasteiger partial charge in [-0.2, -0.15) is 0 Å². The van der Waals surface area contributed by atoms with E-state index in [-0.39, 0.29) is 22.3 Å². The Labute approximate surface area is 106 Å². The second-order valence-corrected chi connectivity index (χ2v) is 5.81. The first-order valence-corrected chi connectivity index (χ1v) is 7.09. The Morgan fingerprint density at radius 1 is 1.44 bits per heavy atom. The molecule has 2 N–H and O–H groups in total. The highest BCUT2D eigenvalue weighted by atomic mass is 32.2. The minimum Gasteiger partial charge on any atom is -0.440 e. The second-order valence-electron chi connectivity index (χ2n) is 3.27. The van der Waals surface area contributed by atoms with Gasteiger partial charge in [-0.15, -0.1) is 0 Å². The van der Waals surface area contributed by atoms with Crippen LogP contribution >= 0.6 is 11.3 Å². The van der Waals surface area contributed by atoms with Crippen molar-refractivity contribution < 1.29 is 17.6 Å².